The van der Waals surface area contributed by atoms with Crippen LogP contribution in [0.4, 0.5) is 4.39 Å². The largest absolute Gasteiger partial charge is 0.243 e. The zero-order valence-electron chi connectivity index (χ0n) is 9.25. The van der Waals surface area contributed by atoms with Crippen molar-refractivity contribution < 1.29 is 12.8 Å². The van der Waals surface area contributed by atoms with Crippen LogP contribution < -0.4 is 4.72 Å². The predicted molar refractivity (Wildman–Crippen MR) is 66.4 cm³/mol. The highest BCUT2D eigenvalue weighted by atomic mass is 35.5. The second kappa shape index (κ2) is 5.85. The maximum Gasteiger partial charge on any atom is 0.243 e. The van der Waals surface area contributed by atoms with Gasteiger partial charge in [-0.2, -0.15) is 9.98 Å². The third-order valence-corrected chi connectivity index (χ3v) is 4.44. The Bertz CT molecular complexity index is 599. The summed E-state index contributed by atoms with van der Waals surface area (Å²) in [5, 5.41) is 7.83. The van der Waals surface area contributed by atoms with Crippen molar-refractivity contribution in [3.8, 4) is 6.07 Å². The Kier molecular flexibility index (Phi) is 4.93. The van der Waals surface area contributed by atoms with Gasteiger partial charge in [-0.15, -0.1) is 0 Å². The predicted octanol–water partition coefficient (Wildman–Crippen LogP) is 2.71. The van der Waals surface area contributed by atoms with Crippen molar-refractivity contribution in [2.75, 3.05) is 0 Å². The Morgan fingerprint density at radius 2 is 2.11 bits per heavy atom. The van der Waals surface area contributed by atoms with Gasteiger partial charge in [0.1, 0.15) is 10.9 Å². The fourth-order valence-electron chi connectivity index (χ4n) is 1.17. The van der Waals surface area contributed by atoms with Crippen molar-refractivity contribution in [1.29, 1.82) is 5.26 Å². The lowest BCUT2D eigenvalue weighted by Gasteiger charge is -2.11. The molecule has 4 nitrogen and oxygen atoms in total. The molecule has 0 fully saturated rings. The maximum atomic E-state index is 13.4. The molecule has 1 aromatic rings. The number of benzene rings is 1. The van der Waals surface area contributed by atoms with E-state index in [4.69, 9.17) is 28.5 Å². The molecule has 0 spiro atoms. The van der Waals surface area contributed by atoms with Gasteiger partial charge < -0.3 is 0 Å². The molecule has 98 valence electrons. The Labute approximate surface area is 114 Å². The lowest BCUT2D eigenvalue weighted by Crippen LogP contribution is -2.33. The zero-order chi connectivity index (χ0) is 13.9. The van der Waals surface area contributed by atoms with Crippen molar-refractivity contribution >= 4 is 33.2 Å². The number of hydrogen-bond acceptors (Lipinski definition) is 3. The van der Waals surface area contributed by atoms with Crippen LogP contribution in [-0.4, -0.2) is 14.5 Å². The fourth-order valence-corrected chi connectivity index (χ4v) is 3.14. The van der Waals surface area contributed by atoms with Gasteiger partial charge in [-0.25, -0.2) is 12.8 Å². The van der Waals surface area contributed by atoms with Crippen LogP contribution in [0.1, 0.15) is 13.3 Å². The van der Waals surface area contributed by atoms with Gasteiger partial charge in [0.2, 0.25) is 10.0 Å². The van der Waals surface area contributed by atoms with Gasteiger partial charge in [0.25, 0.3) is 0 Å². The van der Waals surface area contributed by atoms with Crippen LogP contribution in [0.25, 0.3) is 0 Å². The van der Waals surface area contributed by atoms with Crippen molar-refractivity contribution in [1.82, 2.24) is 4.72 Å². The highest BCUT2D eigenvalue weighted by molar-refractivity contribution is 7.89. The summed E-state index contributed by atoms with van der Waals surface area (Å²) in [5.41, 5.74) is 0. The van der Waals surface area contributed by atoms with Gasteiger partial charge in [0.15, 0.2) is 5.82 Å². The van der Waals surface area contributed by atoms with Crippen LogP contribution >= 0.6 is 23.2 Å². The minimum absolute atomic E-state index is 0.272. The van der Waals surface area contributed by atoms with E-state index < -0.39 is 31.8 Å². The van der Waals surface area contributed by atoms with E-state index in [1.54, 1.807) is 13.0 Å². The normalized spacial score (nSPS) is 13.1. The van der Waals surface area contributed by atoms with E-state index in [2.05, 4.69) is 4.72 Å². The van der Waals surface area contributed by atoms with Crippen LogP contribution in [0, 0.1) is 17.1 Å². The first-order valence-electron chi connectivity index (χ1n) is 4.89. The van der Waals surface area contributed by atoms with Crippen molar-refractivity contribution in [2.24, 2.45) is 0 Å². The van der Waals surface area contributed by atoms with E-state index >= 15 is 0 Å². The summed E-state index contributed by atoms with van der Waals surface area (Å²) in [5.74, 6) is -1.01. The molecule has 0 saturated heterocycles. The second-order valence-corrected chi connectivity index (χ2v) is 5.85. The average Bonchev–Trinajstić information content (AvgIpc) is 2.32. The van der Waals surface area contributed by atoms with Gasteiger partial charge >= 0.3 is 0 Å². The van der Waals surface area contributed by atoms with Crippen molar-refractivity contribution in [2.45, 2.75) is 24.3 Å². The Morgan fingerprint density at radius 3 is 2.61 bits per heavy atom. The summed E-state index contributed by atoms with van der Waals surface area (Å²) >= 11 is 11.1. The third kappa shape index (κ3) is 3.12. The molecule has 1 atom stereocenters. The molecule has 0 aromatic heterocycles. The van der Waals surface area contributed by atoms with Crippen LogP contribution in [0.15, 0.2) is 17.0 Å². The molecule has 1 N–H and O–H groups in total. The highest BCUT2D eigenvalue weighted by Gasteiger charge is 2.24. The number of hydrogen-bond donors (Lipinski definition) is 1. The molecular formula is C10H9Cl2FN2O2S. The number of sulfonamides is 1. The first-order valence-corrected chi connectivity index (χ1v) is 7.12. The van der Waals surface area contributed by atoms with Crippen molar-refractivity contribution in [3.05, 3.63) is 28.0 Å². The number of nitrogens with one attached hydrogen (secondary N) is 1. The summed E-state index contributed by atoms with van der Waals surface area (Å²) in [6, 6.07) is 3.04. The van der Waals surface area contributed by atoms with Gasteiger partial charge in [-0.1, -0.05) is 30.1 Å². The van der Waals surface area contributed by atoms with Crippen LogP contribution in [0.5, 0.6) is 0 Å². The fraction of sp³-hybridized carbons (Fsp3) is 0.300. The molecule has 0 aliphatic carbocycles. The van der Waals surface area contributed by atoms with E-state index in [9.17, 15) is 12.8 Å². The quantitative estimate of drug-likeness (QED) is 0.869. The van der Waals surface area contributed by atoms with Crippen LogP contribution in [0.3, 0.4) is 0 Å². The molecule has 0 bridgehead atoms. The summed E-state index contributed by atoms with van der Waals surface area (Å²) in [6.07, 6.45) is 0.281. The van der Waals surface area contributed by atoms with E-state index in [0.29, 0.717) is 0 Å². The molecule has 1 unspecified atom stereocenters. The monoisotopic (exact) mass is 310 g/mol. The lowest BCUT2D eigenvalue weighted by molar-refractivity contribution is 0.566. The van der Waals surface area contributed by atoms with E-state index in [1.807, 2.05) is 0 Å². The SMILES string of the molecule is CCC(C#N)NS(=O)(=O)c1ccc(Cl)c(F)c1Cl. The van der Waals surface area contributed by atoms with Crippen LogP contribution in [-0.2, 0) is 10.0 Å². The average molecular weight is 311 g/mol. The summed E-state index contributed by atoms with van der Waals surface area (Å²) < 4.78 is 39.3. The van der Waals surface area contributed by atoms with E-state index in [1.165, 1.54) is 0 Å². The van der Waals surface area contributed by atoms with Gasteiger partial charge in [-0.05, 0) is 18.6 Å². The molecular weight excluding hydrogens is 302 g/mol. The van der Waals surface area contributed by atoms with Gasteiger partial charge in [0.05, 0.1) is 16.1 Å². The van der Waals surface area contributed by atoms with Crippen LogP contribution in [0.2, 0.25) is 10.0 Å². The zero-order valence-corrected chi connectivity index (χ0v) is 11.6. The lowest BCUT2D eigenvalue weighted by atomic mass is 10.3. The Hall–Kier alpha value is -0.870. The molecule has 0 radical (unpaired) electrons. The van der Waals surface area contributed by atoms with Gasteiger partial charge in [0, 0.05) is 0 Å². The minimum atomic E-state index is -4.06. The molecule has 18 heavy (non-hydrogen) atoms. The molecule has 0 aliphatic heterocycles. The molecule has 0 amide bonds. The number of nitriles is 1. The number of rotatable bonds is 4. The standard InChI is InChI=1S/C10H9Cl2FN2O2S/c1-2-6(5-14)15-18(16,17)8-4-3-7(11)10(13)9(8)12/h3-4,6,15H,2H2,1H3. The summed E-state index contributed by atoms with van der Waals surface area (Å²) in [6.45, 7) is 1.64. The third-order valence-electron chi connectivity index (χ3n) is 2.15. The molecule has 0 aliphatic rings. The van der Waals surface area contributed by atoms with Crippen molar-refractivity contribution in [3.63, 3.8) is 0 Å². The van der Waals surface area contributed by atoms with Gasteiger partial charge in [-0.3, -0.25) is 0 Å². The molecule has 1 aromatic carbocycles. The highest BCUT2D eigenvalue weighted by Crippen LogP contribution is 2.29. The molecule has 0 saturated carbocycles. The molecule has 1 rings (SSSR count). The van der Waals surface area contributed by atoms with E-state index in [-0.39, 0.29) is 11.4 Å². The molecule has 8 heteroatoms. The summed E-state index contributed by atoms with van der Waals surface area (Å²) in [7, 11) is -4.06. The first kappa shape index (κ1) is 15.2. The first-order chi connectivity index (χ1) is 8.33. The summed E-state index contributed by atoms with van der Waals surface area (Å²) in [4.78, 5) is -0.445. The molecule has 0 heterocycles. The number of nitrogens with zero attached hydrogens (tertiary/aromatic N) is 1. The Morgan fingerprint density at radius 1 is 1.50 bits per heavy atom. The smallest absolute Gasteiger partial charge is 0.207 e. The topological polar surface area (TPSA) is 70.0 Å². The second-order valence-electron chi connectivity index (χ2n) is 3.38. The number of halogens is 3. The maximum absolute atomic E-state index is 13.4. The Balaban J connectivity index is 3.23. The van der Waals surface area contributed by atoms with E-state index in [0.717, 1.165) is 12.1 Å². The minimum Gasteiger partial charge on any atom is -0.207 e.